The highest BCUT2D eigenvalue weighted by atomic mass is 16.4. The lowest BCUT2D eigenvalue weighted by Crippen LogP contribution is -2.45. The molecule has 2 amide bonds. The van der Waals surface area contributed by atoms with Crippen molar-refractivity contribution in [3.63, 3.8) is 0 Å². The first-order valence-electron chi connectivity index (χ1n) is 6.61. The average molecular weight is 257 g/mol. The van der Waals surface area contributed by atoms with Crippen molar-refractivity contribution in [1.29, 1.82) is 0 Å². The first-order chi connectivity index (χ1) is 8.65. The minimum absolute atomic E-state index is 0.0738. The molecule has 0 unspecified atom stereocenters. The maximum absolute atomic E-state index is 11.8. The summed E-state index contributed by atoms with van der Waals surface area (Å²) in [5.41, 5.74) is 0. The molecule has 0 atom stereocenters. The molecular weight excluding hydrogens is 234 g/mol. The molecule has 1 aliphatic heterocycles. The Hall–Kier alpha value is -1.30. The van der Waals surface area contributed by atoms with Crippen LogP contribution in [0.2, 0.25) is 0 Å². The highest BCUT2D eigenvalue weighted by molar-refractivity contribution is 5.75. The van der Waals surface area contributed by atoms with Crippen molar-refractivity contribution < 1.29 is 14.7 Å². The van der Waals surface area contributed by atoms with Gasteiger partial charge in [0.05, 0.1) is 5.92 Å². The first-order valence-corrected chi connectivity index (χ1v) is 6.61. The van der Waals surface area contributed by atoms with Gasteiger partial charge in [0.25, 0.3) is 0 Å². The van der Waals surface area contributed by atoms with Crippen LogP contribution in [-0.4, -0.2) is 54.7 Å². The van der Waals surface area contributed by atoms with Gasteiger partial charge in [-0.15, -0.1) is 0 Å². The van der Waals surface area contributed by atoms with Gasteiger partial charge in [0, 0.05) is 19.6 Å². The maximum Gasteiger partial charge on any atom is 0.317 e. The van der Waals surface area contributed by atoms with Crippen LogP contribution in [0.5, 0.6) is 0 Å². The smallest absolute Gasteiger partial charge is 0.317 e. The fraction of sp³-hybridized carbons (Fsp3) is 0.833. The van der Waals surface area contributed by atoms with Crippen LogP contribution >= 0.6 is 0 Å². The lowest BCUT2D eigenvalue weighted by Gasteiger charge is -2.30. The molecule has 18 heavy (non-hydrogen) atoms. The summed E-state index contributed by atoms with van der Waals surface area (Å²) in [5.74, 6) is -1.04. The van der Waals surface area contributed by atoms with Crippen molar-refractivity contribution in [2.24, 2.45) is 5.92 Å². The third kappa shape index (κ3) is 4.91. The Bertz CT molecular complexity index is 276. The molecular formula is C12H23N3O3. The van der Waals surface area contributed by atoms with Crippen molar-refractivity contribution >= 4 is 12.0 Å². The number of carboxylic acid groups (broad SMARTS) is 1. The molecule has 3 N–H and O–H groups in total. The molecule has 0 aliphatic carbocycles. The Balaban J connectivity index is 2.14. The summed E-state index contributed by atoms with van der Waals surface area (Å²) in [6, 6.07) is -0.0738. The van der Waals surface area contributed by atoms with Crippen LogP contribution in [0, 0.1) is 5.92 Å². The molecule has 1 rings (SSSR count). The van der Waals surface area contributed by atoms with Crippen molar-refractivity contribution in [3.05, 3.63) is 0 Å². The number of hydrogen-bond donors (Lipinski definition) is 3. The molecule has 1 fully saturated rings. The van der Waals surface area contributed by atoms with E-state index < -0.39 is 5.97 Å². The maximum atomic E-state index is 11.8. The van der Waals surface area contributed by atoms with Gasteiger partial charge in [0.15, 0.2) is 0 Å². The van der Waals surface area contributed by atoms with E-state index in [1.165, 1.54) is 0 Å². The van der Waals surface area contributed by atoms with Crippen LogP contribution in [0.25, 0.3) is 0 Å². The zero-order valence-corrected chi connectivity index (χ0v) is 10.9. The van der Waals surface area contributed by atoms with E-state index in [0.29, 0.717) is 32.5 Å². The highest BCUT2D eigenvalue weighted by Gasteiger charge is 2.26. The minimum atomic E-state index is -0.749. The molecule has 6 heteroatoms. The van der Waals surface area contributed by atoms with Crippen LogP contribution in [0.15, 0.2) is 0 Å². The van der Waals surface area contributed by atoms with Gasteiger partial charge in [0.2, 0.25) is 0 Å². The second kappa shape index (κ2) is 7.92. The van der Waals surface area contributed by atoms with Crippen molar-refractivity contribution in [3.8, 4) is 0 Å². The number of urea groups is 1. The molecule has 0 aromatic carbocycles. The highest BCUT2D eigenvalue weighted by Crippen LogP contribution is 2.16. The average Bonchev–Trinajstić information content (AvgIpc) is 2.38. The summed E-state index contributed by atoms with van der Waals surface area (Å²) in [5, 5.41) is 14.9. The summed E-state index contributed by atoms with van der Waals surface area (Å²) in [6.45, 7) is 5.62. The van der Waals surface area contributed by atoms with Gasteiger partial charge >= 0.3 is 12.0 Å². The van der Waals surface area contributed by atoms with Gasteiger partial charge < -0.3 is 20.6 Å². The van der Waals surface area contributed by atoms with E-state index in [0.717, 1.165) is 19.5 Å². The van der Waals surface area contributed by atoms with E-state index in [4.69, 9.17) is 5.11 Å². The largest absolute Gasteiger partial charge is 0.481 e. The van der Waals surface area contributed by atoms with E-state index >= 15 is 0 Å². The van der Waals surface area contributed by atoms with Gasteiger partial charge in [-0.25, -0.2) is 4.79 Å². The summed E-state index contributed by atoms with van der Waals surface area (Å²) in [7, 11) is 0. The number of carboxylic acids is 1. The Morgan fingerprint density at radius 1 is 1.28 bits per heavy atom. The Morgan fingerprint density at radius 3 is 2.50 bits per heavy atom. The van der Waals surface area contributed by atoms with Crippen LogP contribution in [0.4, 0.5) is 4.79 Å². The topological polar surface area (TPSA) is 81.7 Å². The molecule has 1 saturated heterocycles. The molecule has 0 bridgehead atoms. The quantitative estimate of drug-likeness (QED) is 0.605. The van der Waals surface area contributed by atoms with Gasteiger partial charge in [-0.3, -0.25) is 4.79 Å². The summed E-state index contributed by atoms with van der Waals surface area (Å²) >= 11 is 0. The number of nitrogens with zero attached hydrogens (tertiary/aromatic N) is 1. The molecule has 1 heterocycles. The molecule has 0 aromatic heterocycles. The van der Waals surface area contributed by atoms with Crippen molar-refractivity contribution in [2.75, 3.05) is 32.7 Å². The molecule has 1 aliphatic rings. The van der Waals surface area contributed by atoms with Crippen LogP contribution in [0.3, 0.4) is 0 Å². The molecule has 0 saturated carbocycles. The fourth-order valence-electron chi connectivity index (χ4n) is 2.03. The molecule has 0 spiro atoms. The summed E-state index contributed by atoms with van der Waals surface area (Å²) < 4.78 is 0. The van der Waals surface area contributed by atoms with E-state index in [1.807, 2.05) is 6.92 Å². The Labute approximate surface area is 108 Å². The van der Waals surface area contributed by atoms with E-state index in [1.54, 1.807) is 4.90 Å². The SMILES string of the molecule is CCNCCCNC(=O)N1CCC(C(=O)O)CC1. The van der Waals surface area contributed by atoms with Crippen LogP contribution in [-0.2, 0) is 4.79 Å². The van der Waals surface area contributed by atoms with Crippen molar-refractivity contribution in [2.45, 2.75) is 26.2 Å². The number of aliphatic carboxylic acids is 1. The summed E-state index contributed by atoms with van der Waals surface area (Å²) in [4.78, 5) is 24.2. The number of piperidine rings is 1. The number of rotatable bonds is 6. The van der Waals surface area contributed by atoms with Gasteiger partial charge in [0.1, 0.15) is 0 Å². The summed E-state index contributed by atoms with van der Waals surface area (Å²) in [6.07, 6.45) is 2.02. The van der Waals surface area contributed by atoms with E-state index in [-0.39, 0.29) is 11.9 Å². The monoisotopic (exact) mass is 257 g/mol. The lowest BCUT2D eigenvalue weighted by atomic mass is 9.97. The Kier molecular flexibility index (Phi) is 6.49. The van der Waals surface area contributed by atoms with Crippen LogP contribution in [0.1, 0.15) is 26.2 Å². The normalized spacial score (nSPS) is 16.6. The first kappa shape index (κ1) is 14.8. The number of hydrogen-bond acceptors (Lipinski definition) is 3. The predicted molar refractivity (Wildman–Crippen MR) is 68.5 cm³/mol. The lowest BCUT2D eigenvalue weighted by molar-refractivity contribution is -0.143. The molecule has 0 radical (unpaired) electrons. The predicted octanol–water partition coefficient (Wildman–Crippen LogP) is 0.492. The van der Waals surface area contributed by atoms with Crippen LogP contribution < -0.4 is 10.6 Å². The zero-order valence-electron chi connectivity index (χ0n) is 10.9. The number of carbonyl (C=O) groups is 2. The molecule has 6 nitrogen and oxygen atoms in total. The number of nitrogens with one attached hydrogen (secondary N) is 2. The number of carbonyl (C=O) groups excluding carboxylic acids is 1. The van der Waals surface area contributed by atoms with Crippen molar-refractivity contribution in [1.82, 2.24) is 15.5 Å². The number of likely N-dealkylation sites (tertiary alicyclic amines) is 1. The molecule has 0 aromatic rings. The van der Waals surface area contributed by atoms with Gasteiger partial charge in [-0.2, -0.15) is 0 Å². The second-order valence-electron chi connectivity index (χ2n) is 4.54. The number of amides is 2. The third-order valence-corrected chi connectivity index (χ3v) is 3.19. The minimum Gasteiger partial charge on any atom is -0.481 e. The van der Waals surface area contributed by atoms with Gasteiger partial charge in [-0.05, 0) is 32.4 Å². The van der Waals surface area contributed by atoms with E-state index in [9.17, 15) is 9.59 Å². The standard InChI is InChI=1S/C12H23N3O3/c1-2-13-6-3-7-14-12(18)15-8-4-10(5-9-15)11(16)17/h10,13H,2-9H2,1H3,(H,14,18)(H,16,17). The van der Waals surface area contributed by atoms with E-state index in [2.05, 4.69) is 10.6 Å². The fourth-order valence-corrected chi connectivity index (χ4v) is 2.03. The molecule has 104 valence electrons. The second-order valence-corrected chi connectivity index (χ2v) is 4.54. The third-order valence-electron chi connectivity index (χ3n) is 3.19. The van der Waals surface area contributed by atoms with Gasteiger partial charge in [-0.1, -0.05) is 6.92 Å². The zero-order chi connectivity index (χ0) is 13.4. The Morgan fingerprint density at radius 2 is 1.94 bits per heavy atom.